The topological polar surface area (TPSA) is 51.8 Å². The molecule has 0 radical (unpaired) electrons. The van der Waals surface area contributed by atoms with Gasteiger partial charge in [-0.3, -0.25) is 4.98 Å². The lowest BCUT2D eigenvalue weighted by atomic mass is 9.95. The number of fused-ring (bicyclic) bond motifs is 3. The SMILES string of the molecule is c1ccc(-c2cccc(-c3ccc(-c4nc(-c5ccccc5)cc(-c5ccccc5-c5ccccn5)n4)c4c3oc3ccccc34)c2)cc1. The quantitative estimate of drug-likeness (QED) is 0.184. The Morgan fingerprint density at radius 1 is 0.388 bits per heavy atom. The summed E-state index contributed by atoms with van der Waals surface area (Å²) in [4.78, 5) is 15.2. The summed E-state index contributed by atoms with van der Waals surface area (Å²) in [5.41, 5.74) is 12.6. The standard InChI is InChI=1S/C45H29N3O/c1-3-14-30(15-4-1)32-18-13-19-33(28-32)34-25-26-38(43-37-22-9-10-24-42(37)49-44(34)43)45-47-40(31-16-5-2-6-17-31)29-41(48-45)36-21-8-7-20-35(36)39-23-11-12-27-46-39/h1-29H. The van der Waals surface area contributed by atoms with Crippen molar-refractivity contribution >= 4 is 21.9 Å². The summed E-state index contributed by atoms with van der Waals surface area (Å²) in [6, 6.07) is 58.2. The second-order valence-corrected chi connectivity index (χ2v) is 12.0. The first-order valence-electron chi connectivity index (χ1n) is 16.4. The molecule has 3 heterocycles. The Morgan fingerprint density at radius 3 is 1.82 bits per heavy atom. The van der Waals surface area contributed by atoms with Gasteiger partial charge in [0.1, 0.15) is 11.2 Å². The first-order valence-corrected chi connectivity index (χ1v) is 16.4. The van der Waals surface area contributed by atoms with E-state index >= 15 is 0 Å². The van der Waals surface area contributed by atoms with Crippen molar-refractivity contribution in [3.8, 4) is 67.4 Å². The number of hydrogen-bond acceptors (Lipinski definition) is 4. The number of aromatic nitrogens is 3. The fraction of sp³-hybridized carbons (Fsp3) is 0. The maximum Gasteiger partial charge on any atom is 0.161 e. The Kier molecular flexibility index (Phi) is 7.10. The van der Waals surface area contributed by atoms with Crippen LogP contribution < -0.4 is 0 Å². The minimum Gasteiger partial charge on any atom is -0.455 e. The molecule has 4 nitrogen and oxygen atoms in total. The van der Waals surface area contributed by atoms with Gasteiger partial charge in [0.15, 0.2) is 5.82 Å². The smallest absolute Gasteiger partial charge is 0.161 e. The fourth-order valence-electron chi connectivity index (χ4n) is 6.65. The first kappa shape index (κ1) is 28.6. The minimum atomic E-state index is 0.633. The maximum absolute atomic E-state index is 6.69. The van der Waals surface area contributed by atoms with E-state index in [2.05, 4.69) is 108 Å². The van der Waals surface area contributed by atoms with E-state index in [-0.39, 0.29) is 0 Å². The minimum absolute atomic E-state index is 0.633. The van der Waals surface area contributed by atoms with E-state index in [0.717, 1.165) is 78.0 Å². The van der Waals surface area contributed by atoms with Gasteiger partial charge in [-0.1, -0.05) is 127 Å². The molecule has 0 unspecified atom stereocenters. The van der Waals surface area contributed by atoms with Crippen LogP contribution in [0.1, 0.15) is 0 Å². The molecule has 4 heteroatoms. The van der Waals surface area contributed by atoms with Gasteiger partial charge in [0.2, 0.25) is 0 Å². The van der Waals surface area contributed by atoms with Gasteiger partial charge in [0.05, 0.1) is 17.1 Å². The van der Waals surface area contributed by atoms with Crippen LogP contribution in [0.4, 0.5) is 0 Å². The predicted molar refractivity (Wildman–Crippen MR) is 200 cm³/mol. The predicted octanol–water partition coefficient (Wildman–Crippen LogP) is 11.8. The molecule has 49 heavy (non-hydrogen) atoms. The summed E-state index contributed by atoms with van der Waals surface area (Å²) < 4.78 is 6.69. The van der Waals surface area contributed by atoms with Crippen LogP contribution in [0.25, 0.3) is 89.4 Å². The van der Waals surface area contributed by atoms with Crippen molar-refractivity contribution in [3.63, 3.8) is 0 Å². The molecule has 0 amide bonds. The number of hydrogen-bond donors (Lipinski definition) is 0. The third-order valence-corrected chi connectivity index (χ3v) is 8.99. The van der Waals surface area contributed by atoms with Crippen LogP contribution in [0, 0.1) is 0 Å². The Hall–Kier alpha value is -6.65. The van der Waals surface area contributed by atoms with Crippen LogP contribution in [-0.2, 0) is 0 Å². The number of furan rings is 1. The summed E-state index contributed by atoms with van der Waals surface area (Å²) in [5, 5.41) is 2.02. The lowest BCUT2D eigenvalue weighted by Gasteiger charge is -2.14. The van der Waals surface area contributed by atoms with Crippen molar-refractivity contribution < 1.29 is 4.42 Å². The zero-order chi connectivity index (χ0) is 32.6. The summed E-state index contributed by atoms with van der Waals surface area (Å²) >= 11 is 0. The summed E-state index contributed by atoms with van der Waals surface area (Å²) in [5.74, 6) is 0.633. The lowest BCUT2D eigenvalue weighted by Crippen LogP contribution is -1.98. The molecule has 0 aliphatic heterocycles. The molecule has 6 aromatic carbocycles. The highest BCUT2D eigenvalue weighted by molar-refractivity contribution is 6.16. The van der Waals surface area contributed by atoms with E-state index < -0.39 is 0 Å². The highest BCUT2D eigenvalue weighted by atomic mass is 16.3. The molecule has 0 saturated heterocycles. The third-order valence-electron chi connectivity index (χ3n) is 8.99. The molecule has 0 fully saturated rings. The zero-order valence-corrected chi connectivity index (χ0v) is 26.5. The highest BCUT2D eigenvalue weighted by Gasteiger charge is 2.21. The van der Waals surface area contributed by atoms with Gasteiger partial charge < -0.3 is 4.42 Å². The molecule has 9 aromatic rings. The lowest BCUT2D eigenvalue weighted by molar-refractivity contribution is 0.670. The average molecular weight is 628 g/mol. The molecule has 3 aromatic heterocycles. The van der Waals surface area contributed by atoms with E-state index in [1.807, 2.05) is 72.9 Å². The van der Waals surface area contributed by atoms with Gasteiger partial charge in [0.25, 0.3) is 0 Å². The average Bonchev–Trinajstić information content (AvgIpc) is 3.58. The Bertz CT molecular complexity index is 2590. The van der Waals surface area contributed by atoms with Gasteiger partial charge in [-0.15, -0.1) is 0 Å². The van der Waals surface area contributed by atoms with Crippen molar-refractivity contribution in [2.24, 2.45) is 0 Å². The van der Waals surface area contributed by atoms with Crippen LogP contribution in [0.3, 0.4) is 0 Å². The van der Waals surface area contributed by atoms with Crippen LogP contribution in [0.5, 0.6) is 0 Å². The molecule has 0 saturated carbocycles. The third kappa shape index (κ3) is 5.26. The second kappa shape index (κ2) is 12.2. The van der Waals surface area contributed by atoms with Crippen LogP contribution >= 0.6 is 0 Å². The number of benzene rings is 6. The molecule has 0 N–H and O–H groups in total. The molecule has 0 aliphatic rings. The largest absolute Gasteiger partial charge is 0.455 e. The highest BCUT2D eigenvalue weighted by Crippen LogP contribution is 2.42. The van der Waals surface area contributed by atoms with Crippen LogP contribution in [-0.4, -0.2) is 15.0 Å². The van der Waals surface area contributed by atoms with E-state index in [0.29, 0.717) is 5.82 Å². The van der Waals surface area contributed by atoms with Gasteiger partial charge >= 0.3 is 0 Å². The van der Waals surface area contributed by atoms with Gasteiger partial charge in [-0.25, -0.2) is 9.97 Å². The zero-order valence-electron chi connectivity index (χ0n) is 26.5. The van der Waals surface area contributed by atoms with E-state index in [1.54, 1.807) is 0 Å². The van der Waals surface area contributed by atoms with Gasteiger partial charge in [-0.2, -0.15) is 0 Å². The fourth-order valence-corrected chi connectivity index (χ4v) is 6.65. The van der Waals surface area contributed by atoms with Crippen molar-refractivity contribution in [2.75, 3.05) is 0 Å². The molecule has 0 spiro atoms. The molecule has 0 atom stereocenters. The van der Waals surface area contributed by atoms with Gasteiger partial charge in [-0.05, 0) is 59.2 Å². The molecular formula is C45H29N3O. The van der Waals surface area contributed by atoms with Crippen molar-refractivity contribution in [1.29, 1.82) is 0 Å². The second-order valence-electron chi connectivity index (χ2n) is 12.0. The van der Waals surface area contributed by atoms with E-state index in [9.17, 15) is 0 Å². The van der Waals surface area contributed by atoms with Crippen LogP contribution in [0.2, 0.25) is 0 Å². The number of rotatable bonds is 6. The number of nitrogens with zero attached hydrogens (tertiary/aromatic N) is 3. The molecular weight excluding hydrogens is 599 g/mol. The first-order chi connectivity index (χ1) is 24.3. The molecule has 230 valence electrons. The normalized spacial score (nSPS) is 11.3. The van der Waals surface area contributed by atoms with Crippen molar-refractivity contribution in [1.82, 2.24) is 15.0 Å². The van der Waals surface area contributed by atoms with Crippen LogP contribution in [0.15, 0.2) is 180 Å². The Balaban J connectivity index is 1.29. The molecule has 9 rings (SSSR count). The maximum atomic E-state index is 6.69. The monoisotopic (exact) mass is 627 g/mol. The summed E-state index contributed by atoms with van der Waals surface area (Å²) in [6.07, 6.45) is 1.82. The number of pyridine rings is 1. The van der Waals surface area contributed by atoms with E-state index in [4.69, 9.17) is 14.4 Å². The molecule has 0 aliphatic carbocycles. The van der Waals surface area contributed by atoms with E-state index in [1.165, 1.54) is 5.56 Å². The molecule has 0 bridgehead atoms. The summed E-state index contributed by atoms with van der Waals surface area (Å²) in [7, 11) is 0. The Labute approximate surface area is 284 Å². The number of para-hydroxylation sites is 1. The summed E-state index contributed by atoms with van der Waals surface area (Å²) in [6.45, 7) is 0. The van der Waals surface area contributed by atoms with Crippen molar-refractivity contribution in [2.45, 2.75) is 0 Å². The van der Waals surface area contributed by atoms with Gasteiger partial charge in [0, 0.05) is 44.8 Å². The Morgan fingerprint density at radius 2 is 1.02 bits per heavy atom. The van der Waals surface area contributed by atoms with Crippen molar-refractivity contribution in [3.05, 3.63) is 176 Å².